The smallest absolute Gasteiger partial charge is 0.153 e. The van der Waals surface area contributed by atoms with Crippen LogP contribution in [0.15, 0.2) is 42.7 Å². The van der Waals surface area contributed by atoms with Gasteiger partial charge in [0.15, 0.2) is 6.29 Å². The molecule has 1 aromatic carbocycles. The van der Waals surface area contributed by atoms with Gasteiger partial charge in [-0.1, -0.05) is 0 Å². The molecule has 0 unspecified atom stereocenters. The van der Waals surface area contributed by atoms with Crippen molar-refractivity contribution in [2.45, 2.75) is 12.8 Å². The number of pyridine rings is 1. The van der Waals surface area contributed by atoms with E-state index in [1.54, 1.807) is 13.3 Å². The van der Waals surface area contributed by atoms with Crippen molar-refractivity contribution in [1.82, 2.24) is 9.55 Å². The Kier molecular flexibility index (Phi) is 5.53. The van der Waals surface area contributed by atoms with Crippen LogP contribution in [0.1, 0.15) is 23.2 Å². The Morgan fingerprint density at radius 2 is 1.81 bits per heavy atom. The molecule has 0 atom stereocenters. The van der Waals surface area contributed by atoms with Crippen molar-refractivity contribution in [2.24, 2.45) is 5.73 Å². The summed E-state index contributed by atoms with van der Waals surface area (Å²) in [6.07, 6.45) is 6.93. The van der Waals surface area contributed by atoms with E-state index >= 15 is 0 Å². The van der Waals surface area contributed by atoms with Crippen molar-refractivity contribution in [3.05, 3.63) is 48.3 Å². The lowest BCUT2D eigenvalue weighted by atomic mass is 10.1. The highest BCUT2D eigenvalue weighted by Gasteiger charge is 2.20. The van der Waals surface area contributed by atoms with Crippen molar-refractivity contribution >= 4 is 23.0 Å². The first-order valence-corrected chi connectivity index (χ1v) is 8.74. The number of aldehydes is 1. The molecule has 1 aliphatic rings. The number of aromatic nitrogens is 2. The minimum Gasteiger partial charge on any atom is -0.497 e. The van der Waals surface area contributed by atoms with Crippen molar-refractivity contribution in [1.29, 1.82) is 0 Å². The third kappa shape index (κ3) is 3.15. The molecule has 0 bridgehead atoms. The highest BCUT2D eigenvalue weighted by Crippen LogP contribution is 2.33. The minimum atomic E-state index is 0.664. The molecule has 3 aromatic rings. The molecule has 2 N–H and O–H groups in total. The second-order valence-electron chi connectivity index (χ2n) is 6.00. The Labute approximate surface area is 153 Å². The summed E-state index contributed by atoms with van der Waals surface area (Å²) in [5, 5.41) is 1.03. The van der Waals surface area contributed by atoms with E-state index < -0.39 is 0 Å². The summed E-state index contributed by atoms with van der Waals surface area (Å²) in [4.78, 5) is 18.3. The summed E-state index contributed by atoms with van der Waals surface area (Å²) < 4.78 is 7.27. The largest absolute Gasteiger partial charge is 0.497 e. The number of benzene rings is 1. The van der Waals surface area contributed by atoms with E-state index in [0.29, 0.717) is 5.56 Å². The molecule has 6 heteroatoms. The molecule has 1 saturated heterocycles. The normalized spacial score (nSPS) is 13.4. The fourth-order valence-electron chi connectivity index (χ4n) is 3.42. The van der Waals surface area contributed by atoms with Crippen LogP contribution in [0.5, 0.6) is 5.75 Å². The first-order chi connectivity index (χ1) is 12.8. The Bertz CT molecular complexity index is 881. The van der Waals surface area contributed by atoms with Crippen LogP contribution in [0.3, 0.4) is 0 Å². The van der Waals surface area contributed by atoms with E-state index in [2.05, 4.69) is 15.6 Å². The molecule has 1 aliphatic heterocycles. The SMILES string of the molecule is CN.COc1ccc(-n2ccc3c(N4CCCC4)c(C=O)cnc32)cc1. The van der Waals surface area contributed by atoms with Gasteiger partial charge in [-0.05, 0) is 50.2 Å². The number of carbonyl (C=O) groups is 1. The van der Waals surface area contributed by atoms with Gasteiger partial charge in [-0.25, -0.2) is 4.98 Å². The number of nitrogens with two attached hydrogens (primary N) is 1. The van der Waals surface area contributed by atoms with Gasteiger partial charge in [0.2, 0.25) is 0 Å². The van der Waals surface area contributed by atoms with Crippen LogP contribution in [0.2, 0.25) is 0 Å². The molecule has 1 fully saturated rings. The Hall–Kier alpha value is -2.86. The lowest BCUT2D eigenvalue weighted by Crippen LogP contribution is -2.19. The molecular formula is C20H24N4O2. The molecular weight excluding hydrogens is 328 g/mol. The van der Waals surface area contributed by atoms with Gasteiger partial charge < -0.3 is 19.9 Å². The van der Waals surface area contributed by atoms with E-state index in [9.17, 15) is 4.79 Å². The summed E-state index contributed by atoms with van der Waals surface area (Å²) in [6.45, 7) is 1.99. The molecule has 0 spiro atoms. The Balaban J connectivity index is 0.000000948. The maximum atomic E-state index is 11.5. The van der Waals surface area contributed by atoms with Crippen molar-refractivity contribution in [2.75, 3.05) is 32.1 Å². The molecule has 0 radical (unpaired) electrons. The number of anilines is 1. The maximum Gasteiger partial charge on any atom is 0.153 e. The number of carbonyl (C=O) groups excluding carboxylic acids is 1. The average Bonchev–Trinajstić information content (AvgIpc) is 3.38. The fourth-order valence-corrected chi connectivity index (χ4v) is 3.42. The third-order valence-electron chi connectivity index (χ3n) is 4.61. The van der Waals surface area contributed by atoms with Crippen molar-refractivity contribution < 1.29 is 9.53 Å². The zero-order valence-corrected chi connectivity index (χ0v) is 15.2. The van der Waals surface area contributed by atoms with Crippen LogP contribution < -0.4 is 15.4 Å². The third-order valence-corrected chi connectivity index (χ3v) is 4.61. The number of hydrogen-bond donors (Lipinski definition) is 1. The van der Waals surface area contributed by atoms with E-state index in [1.165, 1.54) is 19.9 Å². The number of ether oxygens (including phenoxy) is 1. The number of rotatable bonds is 4. The molecule has 0 amide bonds. The molecule has 4 rings (SSSR count). The standard InChI is InChI=1S/C19H19N3O2.CH5N/c1-24-16-6-4-15(5-7-16)22-11-8-17-18(21-9-2-3-10-21)14(13-23)12-20-19(17)22;1-2/h4-8,11-13H,2-3,9-10H2,1H3;2H2,1H3. The zero-order chi connectivity index (χ0) is 18.5. The number of methoxy groups -OCH3 is 1. The molecule has 6 nitrogen and oxygen atoms in total. The summed E-state index contributed by atoms with van der Waals surface area (Å²) in [6, 6.07) is 9.92. The monoisotopic (exact) mass is 352 g/mol. The average molecular weight is 352 g/mol. The van der Waals surface area contributed by atoms with Crippen molar-refractivity contribution in [3.63, 3.8) is 0 Å². The van der Waals surface area contributed by atoms with E-state index in [0.717, 1.165) is 47.5 Å². The first kappa shape index (κ1) is 17.9. The Morgan fingerprint density at radius 3 is 2.42 bits per heavy atom. The predicted octanol–water partition coefficient (Wildman–Crippen LogP) is 3.02. The highest BCUT2D eigenvalue weighted by molar-refractivity contribution is 6.00. The zero-order valence-electron chi connectivity index (χ0n) is 15.2. The topological polar surface area (TPSA) is 73.4 Å². The molecule has 26 heavy (non-hydrogen) atoms. The van der Waals surface area contributed by atoms with Crippen molar-refractivity contribution in [3.8, 4) is 11.4 Å². The summed E-state index contributed by atoms with van der Waals surface area (Å²) in [7, 11) is 3.16. The number of fused-ring (bicyclic) bond motifs is 1. The lowest BCUT2D eigenvalue weighted by molar-refractivity contribution is 0.112. The Morgan fingerprint density at radius 1 is 1.12 bits per heavy atom. The van der Waals surface area contributed by atoms with Crippen LogP contribution in [0.25, 0.3) is 16.7 Å². The van der Waals surface area contributed by atoms with Crippen LogP contribution in [-0.2, 0) is 0 Å². The van der Waals surface area contributed by atoms with Crippen LogP contribution >= 0.6 is 0 Å². The van der Waals surface area contributed by atoms with Crippen LogP contribution in [0.4, 0.5) is 5.69 Å². The fraction of sp³-hybridized carbons (Fsp3) is 0.300. The quantitative estimate of drug-likeness (QED) is 0.731. The number of hydrogen-bond acceptors (Lipinski definition) is 5. The minimum absolute atomic E-state index is 0.664. The van der Waals surface area contributed by atoms with Gasteiger partial charge in [-0.2, -0.15) is 0 Å². The maximum absolute atomic E-state index is 11.5. The predicted molar refractivity (Wildman–Crippen MR) is 105 cm³/mol. The first-order valence-electron chi connectivity index (χ1n) is 8.74. The summed E-state index contributed by atoms with van der Waals surface area (Å²) in [5.74, 6) is 0.823. The van der Waals surface area contributed by atoms with Gasteiger partial charge in [0.05, 0.1) is 18.4 Å². The molecule has 2 aromatic heterocycles. The van der Waals surface area contributed by atoms with E-state index in [-0.39, 0.29) is 0 Å². The lowest BCUT2D eigenvalue weighted by Gasteiger charge is -2.20. The van der Waals surface area contributed by atoms with Gasteiger partial charge in [-0.15, -0.1) is 0 Å². The molecule has 136 valence electrons. The second kappa shape index (κ2) is 8.01. The summed E-state index contributed by atoms with van der Waals surface area (Å²) >= 11 is 0. The molecule has 0 aliphatic carbocycles. The summed E-state index contributed by atoms with van der Waals surface area (Å²) in [5.41, 5.74) is 8.06. The molecule has 0 saturated carbocycles. The van der Waals surface area contributed by atoms with Crippen LogP contribution in [-0.4, -0.2) is 43.1 Å². The second-order valence-corrected chi connectivity index (χ2v) is 6.00. The van der Waals surface area contributed by atoms with Gasteiger partial charge in [-0.3, -0.25) is 4.79 Å². The van der Waals surface area contributed by atoms with Gasteiger partial charge in [0.1, 0.15) is 11.4 Å². The number of nitrogens with zero attached hydrogens (tertiary/aromatic N) is 3. The highest BCUT2D eigenvalue weighted by atomic mass is 16.5. The van der Waals surface area contributed by atoms with Gasteiger partial charge >= 0.3 is 0 Å². The van der Waals surface area contributed by atoms with Gasteiger partial charge in [0.25, 0.3) is 0 Å². The van der Waals surface area contributed by atoms with E-state index in [1.807, 2.05) is 41.1 Å². The van der Waals surface area contributed by atoms with E-state index in [4.69, 9.17) is 4.74 Å². The van der Waals surface area contributed by atoms with Gasteiger partial charge in [0, 0.05) is 36.6 Å². The molecule has 3 heterocycles. The van der Waals surface area contributed by atoms with Crippen LogP contribution in [0, 0.1) is 0 Å².